The van der Waals surface area contributed by atoms with Crippen molar-refractivity contribution in [2.45, 2.75) is 24.5 Å². The van der Waals surface area contributed by atoms with Crippen LogP contribution in [0.3, 0.4) is 0 Å². The van der Waals surface area contributed by atoms with E-state index in [2.05, 4.69) is 9.71 Å². The quantitative estimate of drug-likeness (QED) is 0.804. The number of hydrogen-bond donors (Lipinski definition) is 3. The summed E-state index contributed by atoms with van der Waals surface area (Å²) >= 11 is 0. The Balaban J connectivity index is 1.96. The maximum absolute atomic E-state index is 12.1. The second-order valence-corrected chi connectivity index (χ2v) is 7.52. The molecular weight excluding hydrogens is 280 g/mol. The number of aromatic nitrogens is 1. The van der Waals surface area contributed by atoms with E-state index in [0.29, 0.717) is 29.4 Å². The predicted molar refractivity (Wildman–Crippen MR) is 75.4 cm³/mol. The molecule has 106 valence electrons. The topological polar surface area (TPSA) is 99.3 Å². The van der Waals surface area contributed by atoms with Gasteiger partial charge in [0.2, 0.25) is 10.0 Å². The molecule has 1 saturated carbocycles. The molecule has 1 aliphatic carbocycles. The van der Waals surface area contributed by atoms with Crippen molar-refractivity contribution >= 4 is 32.6 Å². The first-order valence-corrected chi connectivity index (χ1v) is 7.67. The van der Waals surface area contributed by atoms with Crippen LogP contribution < -0.4 is 4.72 Å². The van der Waals surface area contributed by atoms with Crippen LogP contribution in [0.4, 0.5) is 5.69 Å². The summed E-state index contributed by atoms with van der Waals surface area (Å²) in [5.74, 6) is -1.02. The number of benzene rings is 1. The van der Waals surface area contributed by atoms with Gasteiger partial charge in [-0.1, -0.05) is 0 Å². The number of carboxylic acid groups (broad SMARTS) is 1. The highest BCUT2D eigenvalue weighted by atomic mass is 32.2. The lowest BCUT2D eigenvalue weighted by Gasteiger charge is -2.13. The second kappa shape index (κ2) is 3.99. The highest BCUT2D eigenvalue weighted by Crippen LogP contribution is 2.43. The molecule has 3 N–H and O–H groups in total. The van der Waals surface area contributed by atoms with Crippen molar-refractivity contribution in [1.82, 2.24) is 4.98 Å². The SMILES string of the molecule is CC1(S(=O)(=O)Nc2ccc3c(C(=O)O)c[nH]c3c2)CC1. The van der Waals surface area contributed by atoms with Crippen LogP contribution in [0.1, 0.15) is 30.1 Å². The van der Waals surface area contributed by atoms with Crippen molar-refractivity contribution in [2.24, 2.45) is 0 Å². The number of fused-ring (bicyclic) bond motifs is 1. The van der Waals surface area contributed by atoms with E-state index in [9.17, 15) is 13.2 Å². The molecule has 1 fully saturated rings. The largest absolute Gasteiger partial charge is 0.478 e. The second-order valence-electron chi connectivity index (χ2n) is 5.32. The lowest BCUT2D eigenvalue weighted by molar-refractivity contribution is 0.0699. The zero-order chi connectivity index (χ0) is 14.5. The summed E-state index contributed by atoms with van der Waals surface area (Å²) in [6, 6.07) is 4.78. The molecule has 0 bridgehead atoms. The van der Waals surface area contributed by atoms with Crippen LogP contribution in [0.2, 0.25) is 0 Å². The molecule has 6 nitrogen and oxygen atoms in total. The zero-order valence-electron chi connectivity index (χ0n) is 10.8. The number of rotatable bonds is 4. The third kappa shape index (κ3) is 1.94. The molecule has 7 heteroatoms. The van der Waals surface area contributed by atoms with E-state index in [-0.39, 0.29) is 5.56 Å². The zero-order valence-corrected chi connectivity index (χ0v) is 11.6. The fraction of sp³-hybridized carbons (Fsp3) is 0.308. The highest BCUT2D eigenvalue weighted by Gasteiger charge is 2.50. The Kier molecular flexibility index (Phi) is 2.59. The first-order valence-electron chi connectivity index (χ1n) is 6.19. The molecule has 0 aliphatic heterocycles. The average Bonchev–Trinajstić information content (AvgIpc) is 2.99. The van der Waals surface area contributed by atoms with Gasteiger partial charge in [0.05, 0.1) is 16.0 Å². The van der Waals surface area contributed by atoms with Gasteiger partial charge in [0.25, 0.3) is 0 Å². The molecule has 1 aromatic carbocycles. The summed E-state index contributed by atoms with van der Waals surface area (Å²) in [6.45, 7) is 1.71. The summed E-state index contributed by atoms with van der Waals surface area (Å²) in [5, 5.41) is 9.56. The number of sulfonamides is 1. The Morgan fingerprint density at radius 2 is 2.10 bits per heavy atom. The highest BCUT2D eigenvalue weighted by molar-refractivity contribution is 7.94. The van der Waals surface area contributed by atoms with Gasteiger partial charge in [0.15, 0.2) is 0 Å². The van der Waals surface area contributed by atoms with Gasteiger partial charge in [0.1, 0.15) is 0 Å². The predicted octanol–water partition coefficient (Wildman–Crippen LogP) is 2.16. The van der Waals surface area contributed by atoms with E-state index in [1.807, 2.05) is 0 Å². The van der Waals surface area contributed by atoms with Gasteiger partial charge in [0, 0.05) is 17.1 Å². The number of anilines is 1. The van der Waals surface area contributed by atoms with Gasteiger partial charge in [-0.05, 0) is 38.0 Å². The lowest BCUT2D eigenvalue weighted by Crippen LogP contribution is -2.26. The molecule has 0 amide bonds. The Bertz CT molecular complexity index is 803. The molecule has 3 rings (SSSR count). The van der Waals surface area contributed by atoms with Gasteiger partial charge in [-0.15, -0.1) is 0 Å². The molecule has 0 saturated heterocycles. The van der Waals surface area contributed by atoms with Crippen LogP contribution in [0.15, 0.2) is 24.4 Å². The van der Waals surface area contributed by atoms with Crippen molar-refractivity contribution in [3.63, 3.8) is 0 Å². The summed E-state index contributed by atoms with van der Waals surface area (Å²) in [4.78, 5) is 13.8. The maximum Gasteiger partial charge on any atom is 0.337 e. The average molecular weight is 294 g/mol. The number of carbonyl (C=O) groups is 1. The molecule has 20 heavy (non-hydrogen) atoms. The van der Waals surface area contributed by atoms with E-state index < -0.39 is 20.7 Å². The minimum atomic E-state index is -3.40. The smallest absolute Gasteiger partial charge is 0.337 e. The van der Waals surface area contributed by atoms with Gasteiger partial charge < -0.3 is 10.1 Å². The Morgan fingerprint density at radius 1 is 1.40 bits per heavy atom. The molecule has 0 radical (unpaired) electrons. The van der Waals surface area contributed by atoms with Crippen molar-refractivity contribution < 1.29 is 18.3 Å². The van der Waals surface area contributed by atoms with Crippen LogP contribution in [0.5, 0.6) is 0 Å². The summed E-state index contributed by atoms with van der Waals surface area (Å²) in [5.41, 5.74) is 1.19. The Hall–Kier alpha value is -2.02. The summed E-state index contributed by atoms with van der Waals surface area (Å²) in [6.07, 6.45) is 2.72. The van der Waals surface area contributed by atoms with E-state index in [0.717, 1.165) is 0 Å². The van der Waals surface area contributed by atoms with Crippen LogP contribution in [-0.4, -0.2) is 29.2 Å². The monoisotopic (exact) mass is 294 g/mol. The molecule has 1 aromatic heterocycles. The molecule has 0 spiro atoms. The van der Waals surface area contributed by atoms with Crippen LogP contribution in [0, 0.1) is 0 Å². The van der Waals surface area contributed by atoms with E-state index in [1.54, 1.807) is 25.1 Å². The van der Waals surface area contributed by atoms with E-state index >= 15 is 0 Å². The first-order chi connectivity index (χ1) is 9.32. The summed E-state index contributed by atoms with van der Waals surface area (Å²) < 4.78 is 26.1. The van der Waals surface area contributed by atoms with Gasteiger partial charge >= 0.3 is 5.97 Å². The summed E-state index contributed by atoms with van der Waals surface area (Å²) in [7, 11) is -3.40. The van der Waals surface area contributed by atoms with Gasteiger partial charge in [-0.3, -0.25) is 4.72 Å². The number of H-pyrrole nitrogens is 1. The molecule has 1 aliphatic rings. The van der Waals surface area contributed by atoms with Crippen molar-refractivity contribution in [1.29, 1.82) is 0 Å². The third-order valence-electron chi connectivity index (χ3n) is 3.77. The van der Waals surface area contributed by atoms with Crippen molar-refractivity contribution in [2.75, 3.05) is 4.72 Å². The van der Waals surface area contributed by atoms with Crippen LogP contribution in [-0.2, 0) is 10.0 Å². The number of aromatic carboxylic acids is 1. The number of nitrogens with one attached hydrogen (secondary N) is 2. The molecule has 0 unspecified atom stereocenters. The fourth-order valence-corrected chi connectivity index (χ4v) is 3.41. The van der Waals surface area contributed by atoms with Crippen LogP contribution >= 0.6 is 0 Å². The van der Waals surface area contributed by atoms with E-state index in [4.69, 9.17) is 5.11 Å². The Morgan fingerprint density at radius 3 is 2.70 bits per heavy atom. The van der Waals surface area contributed by atoms with Crippen LogP contribution in [0.25, 0.3) is 10.9 Å². The standard InChI is InChI=1S/C13H14N2O4S/c1-13(4-5-13)20(18,19)15-8-2-3-9-10(12(16)17)7-14-11(9)6-8/h2-3,6-7,14-15H,4-5H2,1H3,(H,16,17). The maximum atomic E-state index is 12.1. The number of carboxylic acids is 1. The van der Waals surface area contributed by atoms with Crippen molar-refractivity contribution in [3.05, 3.63) is 30.0 Å². The fourth-order valence-electron chi connectivity index (χ4n) is 2.09. The van der Waals surface area contributed by atoms with Gasteiger partial charge in [-0.25, -0.2) is 13.2 Å². The Labute approximate surface area is 115 Å². The minimum Gasteiger partial charge on any atom is -0.478 e. The van der Waals surface area contributed by atoms with E-state index in [1.165, 1.54) is 6.20 Å². The third-order valence-corrected chi connectivity index (χ3v) is 5.98. The number of aromatic amines is 1. The molecule has 1 heterocycles. The first kappa shape index (κ1) is 13.0. The molecule has 2 aromatic rings. The number of hydrogen-bond acceptors (Lipinski definition) is 3. The van der Waals surface area contributed by atoms with Crippen molar-refractivity contribution in [3.8, 4) is 0 Å². The lowest BCUT2D eigenvalue weighted by atomic mass is 10.1. The minimum absolute atomic E-state index is 0.170. The van der Waals surface area contributed by atoms with Gasteiger partial charge in [-0.2, -0.15) is 0 Å². The molecule has 0 atom stereocenters. The molecular formula is C13H14N2O4S. The normalized spacial score (nSPS) is 17.1.